The monoisotopic (exact) mass is 187 g/mol. The van der Waals surface area contributed by atoms with Crippen molar-refractivity contribution in [2.75, 3.05) is 5.32 Å². The van der Waals surface area contributed by atoms with Gasteiger partial charge in [0.25, 0.3) is 0 Å². The first kappa shape index (κ1) is 9.32. The van der Waals surface area contributed by atoms with Crippen LogP contribution in [0.3, 0.4) is 0 Å². The van der Waals surface area contributed by atoms with E-state index < -0.39 is 0 Å². The Morgan fingerprint density at radius 1 is 1.21 bits per heavy atom. The lowest BCUT2D eigenvalue weighted by Gasteiger charge is -2.16. The van der Waals surface area contributed by atoms with E-state index >= 15 is 0 Å². The van der Waals surface area contributed by atoms with Gasteiger partial charge in [-0.15, -0.1) is 0 Å². The molecule has 0 bridgehead atoms. The van der Waals surface area contributed by atoms with E-state index in [4.69, 9.17) is 0 Å². The number of para-hydroxylation sites is 1. The van der Waals surface area contributed by atoms with Gasteiger partial charge in [0.1, 0.15) is 0 Å². The Balaban J connectivity index is 1.97. The lowest BCUT2D eigenvalue weighted by atomic mass is 10.1. The van der Waals surface area contributed by atoms with Crippen LogP contribution in [-0.2, 0) is 0 Å². The molecule has 1 aromatic rings. The number of rotatable bonds is 3. The Morgan fingerprint density at radius 2 is 2.00 bits per heavy atom. The first-order chi connectivity index (χ1) is 6.86. The Labute approximate surface area is 85.8 Å². The summed E-state index contributed by atoms with van der Waals surface area (Å²) in [4.78, 5) is 0. The van der Waals surface area contributed by atoms with Gasteiger partial charge >= 0.3 is 0 Å². The maximum atomic E-state index is 3.52. The van der Waals surface area contributed by atoms with Crippen LogP contribution in [-0.4, -0.2) is 6.04 Å². The second kappa shape index (κ2) is 4.32. The van der Waals surface area contributed by atoms with Crippen molar-refractivity contribution >= 4 is 5.69 Å². The molecular formula is C13H17N. The highest BCUT2D eigenvalue weighted by atomic mass is 14.9. The Kier molecular flexibility index (Phi) is 2.87. The van der Waals surface area contributed by atoms with E-state index in [0.717, 1.165) is 0 Å². The fraction of sp³-hybridized carbons (Fsp3) is 0.385. The van der Waals surface area contributed by atoms with Crippen LogP contribution in [0.5, 0.6) is 0 Å². The molecule has 0 saturated carbocycles. The van der Waals surface area contributed by atoms with Gasteiger partial charge in [0.15, 0.2) is 0 Å². The van der Waals surface area contributed by atoms with Gasteiger partial charge in [-0.25, -0.2) is 0 Å². The largest absolute Gasteiger partial charge is 0.379 e. The summed E-state index contributed by atoms with van der Waals surface area (Å²) < 4.78 is 0. The van der Waals surface area contributed by atoms with E-state index in [1.54, 1.807) is 5.57 Å². The second-order valence-electron chi connectivity index (χ2n) is 3.90. The molecule has 14 heavy (non-hydrogen) atoms. The molecule has 74 valence electrons. The highest BCUT2D eigenvalue weighted by Gasteiger charge is 2.11. The summed E-state index contributed by atoms with van der Waals surface area (Å²) in [6, 6.07) is 10.9. The first-order valence-electron chi connectivity index (χ1n) is 5.37. The van der Waals surface area contributed by atoms with Crippen LogP contribution >= 0.6 is 0 Å². The van der Waals surface area contributed by atoms with Crippen molar-refractivity contribution in [3.05, 3.63) is 42.0 Å². The molecule has 0 fully saturated rings. The molecule has 1 heteroatoms. The molecular weight excluding hydrogens is 170 g/mol. The highest BCUT2D eigenvalue weighted by Crippen LogP contribution is 2.22. The molecule has 1 unspecified atom stereocenters. The maximum absolute atomic E-state index is 3.52. The van der Waals surface area contributed by atoms with Crippen molar-refractivity contribution in [1.82, 2.24) is 0 Å². The van der Waals surface area contributed by atoms with E-state index in [-0.39, 0.29) is 0 Å². The third-order valence-electron chi connectivity index (χ3n) is 2.79. The van der Waals surface area contributed by atoms with Gasteiger partial charge in [0.2, 0.25) is 0 Å². The standard InChI is InChI=1S/C13H17N/c1-11(12-7-5-6-8-12)14-13-9-3-2-4-10-13/h2-4,7,9-11,14H,5-6,8H2,1H3. The zero-order chi connectivity index (χ0) is 9.80. The van der Waals surface area contributed by atoms with Crippen LogP contribution in [0.15, 0.2) is 42.0 Å². The third-order valence-corrected chi connectivity index (χ3v) is 2.79. The number of hydrogen-bond donors (Lipinski definition) is 1. The fourth-order valence-electron chi connectivity index (χ4n) is 1.97. The van der Waals surface area contributed by atoms with Crippen LogP contribution in [0.4, 0.5) is 5.69 Å². The average molecular weight is 187 g/mol. The predicted octanol–water partition coefficient (Wildman–Crippen LogP) is 3.60. The fourth-order valence-corrected chi connectivity index (χ4v) is 1.97. The SMILES string of the molecule is CC(Nc1ccccc1)C1=CCCC1. The molecule has 0 saturated heterocycles. The molecule has 2 rings (SSSR count). The minimum atomic E-state index is 0.486. The quantitative estimate of drug-likeness (QED) is 0.713. The van der Waals surface area contributed by atoms with Gasteiger partial charge in [0, 0.05) is 11.7 Å². The van der Waals surface area contributed by atoms with Gasteiger partial charge in [-0.1, -0.05) is 29.8 Å². The van der Waals surface area contributed by atoms with E-state index in [1.165, 1.54) is 24.9 Å². The van der Waals surface area contributed by atoms with E-state index in [9.17, 15) is 0 Å². The summed E-state index contributed by atoms with van der Waals surface area (Å²) in [6.07, 6.45) is 6.23. The van der Waals surface area contributed by atoms with Crippen LogP contribution in [0.1, 0.15) is 26.2 Å². The van der Waals surface area contributed by atoms with E-state index in [2.05, 4.69) is 42.6 Å². The molecule has 1 N–H and O–H groups in total. The smallest absolute Gasteiger partial charge is 0.0445 e. The number of nitrogens with one attached hydrogen (secondary N) is 1. The van der Waals surface area contributed by atoms with Gasteiger partial charge in [0.05, 0.1) is 0 Å². The highest BCUT2D eigenvalue weighted by molar-refractivity contribution is 5.45. The van der Waals surface area contributed by atoms with Gasteiger partial charge in [-0.05, 0) is 38.3 Å². The average Bonchev–Trinajstić information content (AvgIpc) is 2.72. The second-order valence-corrected chi connectivity index (χ2v) is 3.90. The zero-order valence-corrected chi connectivity index (χ0v) is 8.66. The van der Waals surface area contributed by atoms with Gasteiger partial charge < -0.3 is 5.32 Å². The van der Waals surface area contributed by atoms with Crippen LogP contribution < -0.4 is 5.32 Å². The zero-order valence-electron chi connectivity index (χ0n) is 8.66. The molecule has 1 aromatic carbocycles. The number of allylic oxidation sites excluding steroid dienone is 1. The summed E-state index contributed by atoms with van der Waals surface area (Å²) in [7, 11) is 0. The summed E-state index contributed by atoms with van der Waals surface area (Å²) in [5.41, 5.74) is 2.78. The lowest BCUT2D eigenvalue weighted by molar-refractivity contribution is 0.830. The summed E-state index contributed by atoms with van der Waals surface area (Å²) >= 11 is 0. The molecule has 0 aromatic heterocycles. The van der Waals surface area contributed by atoms with Crippen molar-refractivity contribution in [2.45, 2.75) is 32.2 Å². The van der Waals surface area contributed by atoms with Crippen LogP contribution in [0.25, 0.3) is 0 Å². The normalized spacial score (nSPS) is 17.6. The predicted molar refractivity (Wildman–Crippen MR) is 61.5 cm³/mol. The first-order valence-corrected chi connectivity index (χ1v) is 5.37. The molecule has 1 aliphatic rings. The molecule has 0 aliphatic heterocycles. The van der Waals surface area contributed by atoms with Crippen molar-refractivity contribution in [3.63, 3.8) is 0 Å². The number of hydrogen-bond acceptors (Lipinski definition) is 1. The summed E-state index contributed by atoms with van der Waals surface area (Å²) in [5, 5.41) is 3.52. The van der Waals surface area contributed by atoms with Crippen LogP contribution in [0.2, 0.25) is 0 Å². The molecule has 0 radical (unpaired) electrons. The topological polar surface area (TPSA) is 12.0 Å². The van der Waals surface area contributed by atoms with Crippen molar-refractivity contribution < 1.29 is 0 Å². The lowest BCUT2D eigenvalue weighted by Crippen LogP contribution is -2.16. The molecule has 0 spiro atoms. The molecule has 0 amide bonds. The molecule has 1 atom stereocenters. The van der Waals surface area contributed by atoms with Gasteiger partial charge in [-0.2, -0.15) is 0 Å². The molecule has 0 heterocycles. The molecule has 1 nitrogen and oxygen atoms in total. The summed E-state index contributed by atoms with van der Waals surface area (Å²) in [6.45, 7) is 2.24. The van der Waals surface area contributed by atoms with Crippen molar-refractivity contribution in [1.29, 1.82) is 0 Å². The van der Waals surface area contributed by atoms with Gasteiger partial charge in [-0.3, -0.25) is 0 Å². The number of benzene rings is 1. The number of anilines is 1. The minimum absolute atomic E-state index is 0.486. The van der Waals surface area contributed by atoms with Crippen LogP contribution in [0, 0.1) is 0 Å². The van der Waals surface area contributed by atoms with Crippen molar-refractivity contribution in [2.24, 2.45) is 0 Å². The molecule has 1 aliphatic carbocycles. The van der Waals surface area contributed by atoms with Crippen molar-refractivity contribution in [3.8, 4) is 0 Å². The minimum Gasteiger partial charge on any atom is -0.379 e. The Bertz CT molecular complexity index is 313. The Morgan fingerprint density at radius 3 is 2.64 bits per heavy atom. The third kappa shape index (κ3) is 2.16. The van der Waals surface area contributed by atoms with E-state index in [1.807, 2.05) is 6.07 Å². The Hall–Kier alpha value is -1.24. The summed E-state index contributed by atoms with van der Waals surface area (Å²) in [5.74, 6) is 0. The maximum Gasteiger partial charge on any atom is 0.0445 e. The van der Waals surface area contributed by atoms with E-state index in [0.29, 0.717) is 6.04 Å².